The first-order chi connectivity index (χ1) is 6.90. The van der Waals surface area contributed by atoms with Crippen LogP contribution in [-0.4, -0.2) is 36.3 Å². The van der Waals surface area contributed by atoms with Gasteiger partial charge in [-0.1, -0.05) is 0 Å². The van der Waals surface area contributed by atoms with Crippen LogP contribution >= 0.6 is 0 Å². The number of ether oxygens (including phenoxy) is 1. The van der Waals surface area contributed by atoms with Crippen LogP contribution in [0, 0.1) is 5.92 Å². The lowest BCUT2D eigenvalue weighted by atomic mass is 9.96. The van der Waals surface area contributed by atoms with Crippen LogP contribution in [0.15, 0.2) is 12.4 Å². The Balaban J connectivity index is 1.92. The van der Waals surface area contributed by atoms with Crippen LogP contribution in [0.2, 0.25) is 0 Å². The Morgan fingerprint density at radius 2 is 2.71 bits per heavy atom. The van der Waals surface area contributed by atoms with Gasteiger partial charge < -0.3 is 15.0 Å². The zero-order chi connectivity index (χ0) is 9.80. The number of imidazole rings is 1. The first kappa shape index (κ1) is 9.68. The molecule has 1 aromatic heterocycles. The van der Waals surface area contributed by atoms with Gasteiger partial charge in [0.25, 0.3) is 0 Å². The van der Waals surface area contributed by atoms with Crippen molar-refractivity contribution < 1.29 is 4.74 Å². The second-order valence-electron chi connectivity index (χ2n) is 3.76. The Morgan fingerprint density at radius 3 is 3.29 bits per heavy atom. The van der Waals surface area contributed by atoms with Gasteiger partial charge in [-0.05, 0) is 13.5 Å². The van der Waals surface area contributed by atoms with Crippen LogP contribution in [0.1, 0.15) is 12.2 Å². The lowest BCUT2D eigenvalue weighted by Crippen LogP contribution is -2.36. The van der Waals surface area contributed by atoms with Crippen molar-refractivity contribution in [3.63, 3.8) is 0 Å². The largest absolute Gasteiger partial charge is 0.381 e. The Hall–Kier alpha value is -0.870. The zero-order valence-electron chi connectivity index (χ0n) is 8.49. The number of aromatic nitrogens is 2. The fourth-order valence-electron chi connectivity index (χ4n) is 1.99. The highest BCUT2D eigenvalue weighted by atomic mass is 16.5. The highest BCUT2D eigenvalue weighted by Gasteiger charge is 2.25. The topological polar surface area (TPSA) is 49.9 Å². The molecule has 0 bridgehead atoms. The molecule has 1 aromatic rings. The highest BCUT2D eigenvalue weighted by molar-refractivity contribution is 4.93. The maximum absolute atomic E-state index is 5.39. The average molecular weight is 195 g/mol. The molecule has 4 heteroatoms. The van der Waals surface area contributed by atoms with Crippen molar-refractivity contribution in [2.24, 2.45) is 5.92 Å². The normalized spacial score (nSPS) is 23.9. The fourth-order valence-corrected chi connectivity index (χ4v) is 1.99. The number of aromatic amines is 1. The smallest absolute Gasteiger partial charge is 0.107 e. The Bertz CT molecular complexity index is 254. The van der Waals surface area contributed by atoms with Crippen LogP contribution < -0.4 is 5.32 Å². The SMILES string of the molecule is CNC(Cc1ncc[nH]1)C1CCOC1. The van der Waals surface area contributed by atoms with E-state index in [1.165, 1.54) is 0 Å². The lowest BCUT2D eigenvalue weighted by Gasteiger charge is -2.20. The average Bonchev–Trinajstić information content (AvgIpc) is 2.86. The molecule has 4 nitrogen and oxygen atoms in total. The van der Waals surface area contributed by atoms with Gasteiger partial charge in [0.15, 0.2) is 0 Å². The third-order valence-electron chi connectivity index (χ3n) is 2.87. The van der Waals surface area contributed by atoms with E-state index in [2.05, 4.69) is 15.3 Å². The Labute approximate surface area is 84.1 Å². The fraction of sp³-hybridized carbons (Fsp3) is 0.700. The van der Waals surface area contributed by atoms with Gasteiger partial charge in [0.1, 0.15) is 5.82 Å². The molecule has 0 radical (unpaired) electrons. The van der Waals surface area contributed by atoms with Gasteiger partial charge in [-0.2, -0.15) is 0 Å². The minimum Gasteiger partial charge on any atom is -0.381 e. The van der Waals surface area contributed by atoms with E-state index >= 15 is 0 Å². The minimum atomic E-state index is 0.476. The van der Waals surface area contributed by atoms with Crippen molar-refractivity contribution in [2.75, 3.05) is 20.3 Å². The third kappa shape index (κ3) is 2.13. The van der Waals surface area contributed by atoms with E-state index in [-0.39, 0.29) is 0 Å². The maximum Gasteiger partial charge on any atom is 0.107 e. The van der Waals surface area contributed by atoms with Gasteiger partial charge in [0.05, 0.1) is 6.61 Å². The molecule has 2 N–H and O–H groups in total. The number of rotatable bonds is 4. The van der Waals surface area contributed by atoms with Crippen LogP contribution in [0.4, 0.5) is 0 Å². The monoisotopic (exact) mass is 195 g/mol. The molecule has 1 aliphatic heterocycles. The van der Waals surface area contributed by atoms with Crippen molar-refractivity contribution in [1.29, 1.82) is 0 Å². The number of likely N-dealkylation sites (N-methyl/N-ethyl adjacent to an activating group) is 1. The molecule has 2 unspecified atom stereocenters. The van der Waals surface area contributed by atoms with E-state index in [1.54, 1.807) is 6.20 Å². The molecule has 0 spiro atoms. The standard InChI is InChI=1S/C10H17N3O/c1-11-9(8-2-5-14-7-8)6-10-12-3-4-13-10/h3-4,8-9,11H,2,5-7H2,1H3,(H,12,13). The van der Waals surface area contributed by atoms with E-state index in [4.69, 9.17) is 4.74 Å². The molecule has 14 heavy (non-hydrogen) atoms. The summed E-state index contributed by atoms with van der Waals surface area (Å²) in [5, 5.41) is 3.34. The summed E-state index contributed by atoms with van der Waals surface area (Å²) in [4.78, 5) is 7.37. The Kier molecular flexibility index (Phi) is 3.16. The summed E-state index contributed by atoms with van der Waals surface area (Å²) in [5.74, 6) is 1.68. The van der Waals surface area contributed by atoms with Crippen molar-refractivity contribution in [2.45, 2.75) is 18.9 Å². The van der Waals surface area contributed by atoms with Crippen molar-refractivity contribution in [1.82, 2.24) is 15.3 Å². The summed E-state index contributed by atoms with van der Waals surface area (Å²) in [6, 6.07) is 0.476. The van der Waals surface area contributed by atoms with Crippen molar-refractivity contribution in [3.8, 4) is 0 Å². The summed E-state index contributed by atoms with van der Waals surface area (Å²) in [5.41, 5.74) is 0. The van der Waals surface area contributed by atoms with Crippen molar-refractivity contribution >= 4 is 0 Å². The molecule has 0 amide bonds. The van der Waals surface area contributed by atoms with Gasteiger partial charge in [-0.25, -0.2) is 4.98 Å². The Morgan fingerprint density at radius 1 is 1.79 bits per heavy atom. The van der Waals surface area contributed by atoms with Gasteiger partial charge in [-0.15, -0.1) is 0 Å². The molecule has 1 aliphatic rings. The van der Waals surface area contributed by atoms with E-state index in [1.807, 2.05) is 13.2 Å². The van der Waals surface area contributed by atoms with Gasteiger partial charge in [0, 0.05) is 37.4 Å². The summed E-state index contributed by atoms with van der Waals surface area (Å²) >= 11 is 0. The first-order valence-electron chi connectivity index (χ1n) is 5.13. The molecule has 1 saturated heterocycles. The quantitative estimate of drug-likeness (QED) is 0.738. The maximum atomic E-state index is 5.39. The molecule has 0 aromatic carbocycles. The molecule has 1 fully saturated rings. The van der Waals surface area contributed by atoms with Gasteiger partial charge in [0.2, 0.25) is 0 Å². The van der Waals surface area contributed by atoms with Gasteiger partial charge >= 0.3 is 0 Å². The number of hydrogen-bond donors (Lipinski definition) is 2. The number of hydrogen-bond acceptors (Lipinski definition) is 3. The molecule has 0 saturated carbocycles. The van der Waals surface area contributed by atoms with Crippen molar-refractivity contribution in [3.05, 3.63) is 18.2 Å². The summed E-state index contributed by atoms with van der Waals surface area (Å²) < 4.78 is 5.39. The minimum absolute atomic E-state index is 0.476. The van der Waals surface area contributed by atoms with E-state index in [0.29, 0.717) is 12.0 Å². The molecule has 2 atom stereocenters. The van der Waals surface area contributed by atoms with Crippen LogP contribution in [0.25, 0.3) is 0 Å². The van der Waals surface area contributed by atoms with Crippen LogP contribution in [0.5, 0.6) is 0 Å². The van der Waals surface area contributed by atoms with Crippen LogP contribution in [-0.2, 0) is 11.2 Å². The highest BCUT2D eigenvalue weighted by Crippen LogP contribution is 2.18. The second-order valence-corrected chi connectivity index (χ2v) is 3.76. The summed E-state index contributed by atoms with van der Waals surface area (Å²) in [7, 11) is 2.01. The van der Waals surface area contributed by atoms with Crippen LogP contribution in [0.3, 0.4) is 0 Å². The summed E-state index contributed by atoms with van der Waals surface area (Å²) in [6.07, 6.45) is 5.78. The number of nitrogens with one attached hydrogen (secondary N) is 2. The molecule has 2 heterocycles. The molecule has 2 rings (SSSR count). The first-order valence-corrected chi connectivity index (χ1v) is 5.13. The van der Waals surface area contributed by atoms with E-state index in [9.17, 15) is 0 Å². The molecule has 0 aliphatic carbocycles. The van der Waals surface area contributed by atoms with E-state index in [0.717, 1.165) is 31.9 Å². The van der Waals surface area contributed by atoms with Gasteiger partial charge in [-0.3, -0.25) is 0 Å². The predicted molar refractivity (Wildman–Crippen MR) is 54.1 cm³/mol. The molecular weight excluding hydrogens is 178 g/mol. The summed E-state index contributed by atoms with van der Waals surface area (Å²) in [6.45, 7) is 1.78. The molecular formula is C10H17N3O. The number of H-pyrrole nitrogens is 1. The molecule has 78 valence electrons. The zero-order valence-corrected chi connectivity index (χ0v) is 8.49. The lowest BCUT2D eigenvalue weighted by molar-refractivity contribution is 0.177. The predicted octanol–water partition coefficient (Wildman–Crippen LogP) is 0.577. The number of nitrogens with zero attached hydrogens (tertiary/aromatic N) is 1. The second kappa shape index (κ2) is 4.57. The third-order valence-corrected chi connectivity index (χ3v) is 2.87. The van der Waals surface area contributed by atoms with E-state index < -0.39 is 0 Å².